The lowest BCUT2D eigenvalue weighted by atomic mass is 10.0. The van der Waals surface area contributed by atoms with Gasteiger partial charge in [0.1, 0.15) is 5.82 Å². The van der Waals surface area contributed by atoms with E-state index in [1.54, 1.807) is 0 Å². The Kier molecular flexibility index (Phi) is 3.72. The number of nitrogens with one attached hydrogen (secondary N) is 1. The number of hydrogen-bond acceptors (Lipinski definition) is 3. The summed E-state index contributed by atoms with van der Waals surface area (Å²) in [5.74, 6) is -0.628. The molecular weight excluding hydrogens is 293 g/mol. The van der Waals surface area contributed by atoms with Crippen LogP contribution in [0.15, 0.2) is 17.0 Å². The molecule has 0 atom stereocenters. The van der Waals surface area contributed by atoms with Crippen LogP contribution >= 0.6 is 0 Å². The molecule has 1 aliphatic rings. The molecule has 0 saturated heterocycles. The SMILES string of the molecule is Cc1c(F)cc(CO)cc1S(=O)(=O)NC1C(C)(C)C1(C)C. The van der Waals surface area contributed by atoms with Crippen LogP contribution in [0.1, 0.15) is 38.8 Å². The highest BCUT2D eigenvalue weighted by atomic mass is 32.2. The summed E-state index contributed by atoms with van der Waals surface area (Å²) < 4.78 is 41.6. The molecule has 6 heteroatoms. The molecule has 0 spiro atoms. The smallest absolute Gasteiger partial charge is 0.241 e. The number of sulfonamides is 1. The van der Waals surface area contributed by atoms with E-state index in [0.29, 0.717) is 0 Å². The molecule has 0 unspecified atom stereocenters. The van der Waals surface area contributed by atoms with Crippen molar-refractivity contribution in [2.24, 2.45) is 10.8 Å². The van der Waals surface area contributed by atoms with Crippen LogP contribution in [-0.2, 0) is 16.6 Å². The predicted octanol–water partition coefficient (Wildman–Crippen LogP) is 2.34. The largest absolute Gasteiger partial charge is 0.392 e. The lowest BCUT2D eigenvalue weighted by molar-refractivity contribution is 0.281. The van der Waals surface area contributed by atoms with Crippen LogP contribution in [0.25, 0.3) is 0 Å². The van der Waals surface area contributed by atoms with Crippen LogP contribution in [0.4, 0.5) is 4.39 Å². The van der Waals surface area contributed by atoms with Crippen molar-refractivity contribution >= 4 is 10.0 Å². The maximum Gasteiger partial charge on any atom is 0.241 e. The van der Waals surface area contributed by atoms with E-state index < -0.39 is 22.4 Å². The molecular formula is C15H22FNO3S. The lowest BCUT2D eigenvalue weighted by Gasteiger charge is -2.12. The highest BCUT2D eigenvalue weighted by molar-refractivity contribution is 7.89. The van der Waals surface area contributed by atoms with E-state index in [1.807, 2.05) is 27.7 Å². The molecule has 4 nitrogen and oxygen atoms in total. The van der Waals surface area contributed by atoms with E-state index in [4.69, 9.17) is 5.11 Å². The van der Waals surface area contributed by atoms with E-state index in [2.05, 4.69) is 4.72 Å². The van der Waals surface area contributed by atoms with Gasteiger partial charge in [0.25, 0.3) is 0 Å². The Bertz CT molecular complexity index is 666. The van der Waals surface area contributed by atoms with E-state index in [9.17, 15) is 12.8 Å². The van der Waals surface area contributed by atoms with Crippen LogP contribution in [0.2, 0.25) is 0 Å². The van der Waals surface area contributed by atoms with E-state index in [-0.39, 0.29) is 32.9 Å². The molecule has 118 valence electrons. The molecule has 0 amide bonds. The molecule has 1 fully saturated rings. The second-order valence-corrected chi connectivity index (χ2v) is 8.54. The fourth-order valence-electron chi connectivity index (χ4n) is 2.79. The highest BCUT2D eigenvalue weighted by Crippen LogP contribution is 2.63. The fourth-order valence-corrected chi connectivity index (χ4v) is 4.62. The minimum absolute atomic E-state index is 0.0657. The van der Waals surface area contributed by atoms with Crippen LogP contribution < -0.4 is 4.72 Å². The maximum absolute atomic E-state index is 13.8. The van der Waals surface area contributed by atoms with Gasteiger partial charge in [0, 0.05) is 11.6 Å². The van der Waals surface area contributed by atoms with Gasteiger partial charge in [0.2, 0.25) is 10.0 Å². The summed E-state index contributed by atoms with van der Waals surface area (Å²) >= 11 is 0. The average Bonchev–Trinajstić information content (AvgIpc) is 2.74. The zero-order chi connectivity index (χ0) is 16.2. The van der Waals surface area contributed by atoms with Gasteiger partial charge in [-0.05, 0) is 35.4 Å². The second-order valence-electron chi connectivity index (χ2n) is 6.86. The van der Waals surface area contributed by atoms with Crippen molar-refractivity contribution in [2.75, 3.05) is 0 Å². The molecule has 0 heterocycles. The van der Waals surface area contributed by atoms with Crippen molar-refractivity contribution in [1.29, 1.82) is 0 Å². The van der Waals surface area contributed by atoms with E-state index in [0.717, 1.165) is 6.07 Å². The first kappa shape index (κ1) is 16.4. The third-order valence-electron chi connectivity index (χ3n) is 5.12. The zero-order valence-corrected chi connectivity index (χ0v) is 13.8. The molecule has 2 N–H and O–H groups in total. The zero-order valence-electron chi connectivity index (χ0n) is 13.0. The van der Waals surface area contributed by atoms with E-state index in [1.165, 1.54) is 13.0 Å². The van der Waals surface area contributed by atoms with Crippen LogP contribution in [0.3, 0.4) is 0 Å². The Morgan fingerprint density at radius 2 is 1.76 bits per heavy atom. The maximum atomic E-state index is 13.8. The van der Waals surface area contributed by atoms with Crippen LogP contribution in [0.5, 0.6) is 0 Å². The molecule has 2 rings (SSSR count). The topological polar surface area (TPSA) is 66.4 Å². The Labute approximate surface area is 125 Å². The van der Waals surface area contributed by atoms with Crippen LogP contribution in [0, 0.1) is 23.6 Å². The van der Waals surface area contributed by atoms with Gasteiger partial charge in [-0.3, -0.25) is 0 Å². The third kappa shape index (κ3) is 2.49. The number of hydrogen-bond donors (Lipinski definition) is 2. The number of rotatable bonds is 4. The Morgan fingerprint density at radius 3 is 2.19 bits per heavy atom. The van der Waals surface area contributed by atoms with Crippen LogP contribution in [-0.4, -0.2) is 19.6 Å². The number of aliphatic hydroxyl groups is 1. The normalized spacial score (nSPS) is 20.5. The fraction of sp³-hybridized carbons (Fsp3) is 0.600. The van der Waals surface area contributed by atoms with Gasteiger partial charge in [-0.1, -0.05) is 27.7 Å². The lowest BCUT2D eigenvalue weighted by Crippen LogP contribution is -2.30. The molecule has 0 aliphatic heterocycles. The Morgan fingerprint density at radius 1 is 1.24 bits per heavy atom. The second kappa shape index (κ2) is 4.76. The molecule has 1 aromatic carbocycles. The van der Waals surface area contributed by atoms with Gasteiger partial charge in [-0.2, -0.15) is 0 Å². The summed E-state index contributed by atoms with van der Waals surface area (Å²) in [4.78, 5) is -0.106. The molecule has 1 aliphatic carbocycles. The minimum Gasteiger partial charge on any atom is -0.392 e. The predicted molar refractivity (Wildman–Crippen MR) is 78.7 cm³/mol. The first-order valence-electron chi connectivity index (χ1n) is 6.87. The van der Waals surface area contributed by atoms with Crippen molar-refractivity contribution in [2.45, 2.75) is 52.2 Å². The number of aliphatic hydroxyl groups excluding tert-OH is 1. The Hall–Kier alpha value is -0.980. The first-order chi connectivity index (χ1) is 9.45. The third-order valence-corrected chi connectivity index (χ3v) is 6.67. The summed E-state index contributed by atoms with van der Waals surface area (Å²) in [6.07, 6.45) is 0. The molecule has 0 radical (unpaired) electrons. The summed E-state index contributed by atoms with van der Waals surface area (Å²) in [7, 11) is -3.83. The molecule has 0 bridgehead atoms. The van der Waals surface area contributed by atoms with Gasteiger partial charge < -0.3 is 5.11 Å². The van der Waals surface area contributed by atoms with Crippen molar-refractivity contribution in [3.8, 4) is 0 Å². The average molecular weight is 315 g/mol. The van der Waals surface area contributed by atoms with Crippen molar-refractivity contribution in [1.82, 2.24) is 4.72 Å². The Balaban J connectivity index is 2.40. The summed E-state index contributed by atoms with van der Waals surface area (Å²) in [6, 6.07) is 2.28. The van der Waals surface area contributed by atoms with Gasteiger partial charge in [0.15, 0.2) is 0 Å². The molecule has 1 aromatic rings. The van der Waals surface area contributed by atoms with E-state index >= 15 is 0 Å². The van der Waals surface area contributed by atoms with Gasteiger partial charge in [-0.25, -0.2) is 17.5 Å². The molecule has 21 heavy (non-hydrogen) atoms. The van der Waals surface area contributed by atoms with Crippen molar-refractivity contribution < 1.29 is 17.9 Å². The van der Waals surface area contributed by atoms with Gasteiger partial charge >= 0.3 is 0 Å². The van der Waals surface area contributed by atoms with Crippen molar-refractivity contribution in [3.05, 3.63) is 29.1 Å². The summed E-state index contributed by atoms with van der Waals surface area (Å²) in [6.45, 7) is 9.01. The first-order valence-corrected chi connectivity index (χ1v) is 8.35. The van der Waals surface area contributed by atoms with Crippen molar-refractivity contribution in [3.63, 3.8) is 0 Å². The summed E-state index contributed by atoms with van der Waals surface area (Å²) in [5.41, 5.74) is 0.00568. The quantitative estimate of drug-likeness (QED) is 0.896. The monoisotopic (exact) mass is 315 g/mol. The standard InChI is InChI=1S/C15H22FNO3S/c1-9-11(16)6-10(8-18)7-12(9)21(19,20)17-13-14(2,3)15(13,4)5/h6-7,13,17-18H,8H2,1-5H3. The molecule has 1 saturated carbocycles. The van der Waals surface area contributed by atoms with Gasteiger partial charge in [-0.15, -0.1) is 0 Å². The molecule has 0 aromatic heterocycles. The highest BCUT2D eigenvalue weighted by Gasteiger charge is 2.66. The number of halogens is 1. The number of benzene rings is 1. The summed E-state index contributed by atoms with van der Waals surface area (Å²) in [5, 5.41) is 9.12. The minimum atomic E-state index is -3.83. The van der Waals surface area contributed by atoms with Gasteiger partial charge in [0.05, 0.1) is 11.5 Å².